The smallest absolute Gasteiger partial charge is 0.0825 e. The van der Waals surface area contributed by atoms with Crippen molar-refractivity contribution in [2.24, 2.45) is 0 Å². The SMILES string of the molecule is Cc1n[nH]c(C)c1NCc1ccc(Cl)c(Cl)c1. The first-order chi connectivity index (χ1) is 8.08. The van der Waals surface area contributed by atoms with E-state index in [1.165, 1.54) is 0 Å². The average Bonchev–Trinajstić information content (AvgIpc) is 2.61. The number of hydrogen-bond acceptors (Lipinski definition) is 2. The first kappa shape index (κ1) is 12.3. The Balaban J connectivity index is 2.10. The lowest BCUT2D eigenvalue weighted by Crippen LogP contribution is -2.01. The number of nitrogens with zero attached hydrogens (tertiary/aromatic N) is 1. The van der Waals surface area contributed by atoms with Gasteiger partial charge in [-0.3, -0.25) is 5.10 Å². The predicted molar refractivity (Wildman–Crippen MR) is 71.9 cm³/mol. The number of aromatic amines is 1. The Hall–Kier alpha value is -1.19. The molecular formula is C12H13Cl2N3. The molecule has 0 saturated heterocycles. The fourth-order valence-electron chi connectivity index (χ4n) is 1.65. The van der Waals surface area contributed by atoms with Crippen LogP contribution >= 0.6 is 23.2 Å². The number of anilines is 1. The van der Waals surface area contributed by atoms with Crippen LogP contribution < -0.4 is 5.32 Å². The van der Waals surface area contributed by atoms with Gasteiger partial charge in [-0.1, -0.05) is 29.3 Å². The third-order valence-electron chi connectivity index (χ3n) is 2.58. The lowest BCUT2D eigenvalue weighted by Gasteiger charge is -2.07. The summed E-state index contributed by atoms with van der Waals surface area (Å²) < 4.78 is 0. The van der Waals surface area contributed by atoms with E-state index in [0.29, 0.717) is 16.6 Å². The largest absolute Gasteiger partial charge is 0.378 e. The molecule has 0 radical (unpaired) electrons. The highest BCUT2D eigenvalue weighted by Gasteiger charge is 2.06. The van der Waals surface area contributed by atoms with Crippen LogP contribution in [0.5, 0.6) is 0 Å². The van der Waals surface area contributed by atoms with Gasteiger partial charge >= 0.3 is 0 Å². The number of aryl methyl sites for hydroxylation is 2. The monoisotopic (exact) mass is 269 g/mol. The fourth-order valence-corrected chi connectivity index (χ4v) is 1.97. The van der Waals surface area contributed by atoms with Crippen molar-refractivity contribution < 1.29 is 0 Å². The molecule has 0 bridgehead atoms. The van der Waals surface area contributed by atoms with Crippen LogP contribution in [0.15, 0.2) is 18.2 Å². The maximum Gasteiger partial charge on any atom is 0.0825 e. The summed E-state index contributed by atoms with van der Waals surface area (Å²) in [5.74, 6) is 0. The topological polar surface area (TPSA) is 40.7 Å². The minimum absolute atomic E-state index is 0.575. The summed E-state index contributed by atoms with van der Waals surface area (Å²) in [4.78, 5) is 0. The predicted octanol–water partition coefficient (Wildman–Crippen LogP) is 3.95. The first-order valence-corrected chi connectivity index (χ1v) is 6.03. The third kappa shape index (κ3) is 2.73. The first-order valence-electron chi connectivity index (χ1n) is 5.27. The highest BCUT2D eigenvalue weighted by atomic mass is 35.5. The van der Waals surface area contributed by atoms with Crippen molar-refractivity contribution in [3.8, 4) is 0 Å². The number of rotatable bonds is 3. The number of aromatic nitrogens is 2. The van der Waals surface area contributed by atoms with Gasteiger partial charge in [0, 0.05) is 6.54 Å². The van der Waals surface area contributed by atoms with Crippen molar-refractivity contribution >= 4 is 28.9 Å². The molecule has 0 saturated carbocycles. The molecule has 0 fully saturated rings. The van der Waals surface area contributed by atoms with Gasteiger partial charge in [-0.25, -0.2) is 0 Å². The Labute approximate surface area is 110 Å². The van der Waals surface area contributed by atoms with Crippen LogP contribution in [0.4, 0.5) is 5.69 Å². The van der Waals surface area contributed by atoms with Gasteiger partial charge < -0.3 is 5.32 Å². The minimum atomic E-state index is 0.575. The van der Waals surface area contributed by atoms with Crippen LogP contribution in [0, 0.1) is 13.8 Å². The second-order valence-electron chi connectivity index (χ2n) is 3.91. The van der Waals surface area contributed by atoms with E-state index in [-0.39, 0.29) is 0 Å². The molecule has 17 heavy (non-hydrogen) atoms. The molecule has 0 spiro atoms. The number of hydrogen-bond donors (Lipinski definition) is 2. The van der Waals surface area contributed by atoms with Gasteiger partial charge in [0.15, 0.2) is 0 Å². The Bertz CT molecular complexity index is 515. The van der Waals surface area contributed by atoms with Crippen LogP contribution in [0.1, 0.15) is 17.0 Å². The van der Waals surface area contributed by atoms with E-state index in [0.717, 1.165) is 22.6 Å². The molecule has 0 aliphatic carbocycles. The van der Waals surface area contributed by atoms with Gasteiger partial charge in [0.1, 0.15) is 0 Å². The van der Waals surface area contributed by atoms with Crippen molar-refractivity contribution in [2.45, 2.75) is 20.4 Å². The van der Waals surface area contributed by atoms with Gasteiger partial charge in [-0.05, 0) is 31.5 Å². The molecule has 2 rings (SSSR count). The summed E-state index contributed by atoms with van der Waals surface area (Å²) in [6.07, 6.45) is 0. The number of nitrogens with one attached hydrogen (secondary N) is 2. The van der Waals surface area contributed by atoms with E-state index in [1.807, 2.05) is 26.0 Å². The minimum Gasteiger partial charge on any atom is -0.378 e. The van der Waals surface area contributed by atoms with E-state index in [2.05, 4.69) is 15.5 Å². The van der Waals surface area contributed by atoms with E-state index in [9.17, 15) is 0 Å². The summed E-state index contributed by atoms with van der Waals surface area (Å²) in [7, 11) is 0. The number of H-pyrrole nitrogens is 1. The van der Waals surface area contributed by atoms with Gasteiger partial charge in [0.2, 0.25) is 0 Å². The summed E-state index contributed by atoms with van der Waals surface area (Å²) >= 11 is 11.8. The zero-order valence-corrected chi connectivity index (χ0v) is 11.2. The highest BCUT2D eigenvalue weighted by molar-refractivity contribution is 6.42. The third-order valence-corrected chi connectivity index (χ3v) is 3.32. The van der Waals surface area contributed by atoms with E-state index >= 15 is 0 Å². The second kappa shape index (κ2) is 4.98. The van der Waals surface area contributed by atoms with Gasteiger partial charge in [0.05, 0.1) is 27.1 Å². The van der Waals surface area contributed by atoms with E-state index in [4.69, 9.17) is 23.2 Å². The Morgan fingerprint density at radius 3 is 2.59 bits per heavy atom. The van der Waals surface area contributed by atoms with Crippen LogP contribution in [0.25, 0.3) is 0 Å². The molecule has 1 aromatic heterocycles. The normalized spacial score (nSPS) is 10.6. The summed E-state index contributed by atoms with van der Waals surface area (Å²) in [5, 5.41) is 11.5. The Morgan fingerprint density at radius 1 is 1.24 bits per heavy atom. The zero-order valence-electron chi connectivity index (χ0n) is 9.64. The number of benzene rings is 1. The molecule has 0 aliphatic rings. The van der Waals surface area contributed by atoms with Crippen molar-refractivity contribution in [2.75, 3.05) is 5.32 Å². The molecule has 0 atom stereocenters. The van der Waals surface area contributed by atoms with E-state index in [1.54, 1.807) is 6.07 Å². The van der Waals surface area contributed by atoms with Crippen LogP contribution in [0.3, 0.4) is 0 Å². The van der Waals surface area contributed by atoms with Crippen LogP contribution in [-0.4, -0.2) is 10.2 Å². The summed E-state index contributed by atoms with van der Waals surface area (Å²) in [5.41, 5.74) is 4.11. The van der Waals surface area contributed by atoms with Gasteiger partial charge in [-0.2, -0.15) is 5.10 Å². The average molecular weight is 270 g/mol. The molecule has 5 heteroatoms. The molecule has 1 heterocycles. The molecule has 0 amide bonds. The van der Waals surface area contributed by atoms with Crippen LogP contribution in [-0.2, 0) is 6.54 Å². The van der Waals surface area contributed by atoms with Crippen molar-refractivity contribution in [1.29, 1.82) is 0 Å². The van der Waals surface area contributed by atoms with Gasteiger partial charge in [0.25, 0.3) is 0 Å². The van der Waals surface area contributed by atoms with E-state index < -0.39 is 0 Å². The second-order valence-corrected chi connectivity index (χ2v) is 4.73. The maximum absolute atomic E-state index is 5.96. The molecule has 2 N–H and O–H groups in total. The molecule has 90 valence electrons. The quantitative estimate of drug-likeness (QED) is 0.886. The zero-order chi connectivity index (χ0) is 12.4. The molecule has 1 aromatic carbocycles. The van der Waals surface area contributed by atoms with Crippen LogP contribution in [0.2, 0.25) is 10.0 Å². The summed E-state index contributed by atoms with van der Waals surface area (Å²) in [6, 6.07) is 5.61. The Kier molecular flexibility index (Phi) is 3.60. The van der Waals surface area contributed by atoms with Crippen molar-refractivity contribution in [1.82, 2.24) is 10.2 Å². The maximum atomic E-state index is 5.96. The lowest BCUT2D eigenvalue weighted by atomic mass is 10.2. The highest BCUT2D eigenvalue weighted by Crippen LogP contribution is 2.23. The fraction of sp³-hybridized carbons (Fsp3) is 0.250. The molecule has 0 unspecified atom stereocenters. The molecule has 0 aliphatic heterocycles. The molecule has 3 nitrogen and oxygen atoms in total. The lowest BCUT2D eigenvalue weighted by molar-refractivity contribution is 1.02. The Morgan fingerprint density at radius 2 is 2.00 bits per heavy atom. The summed E-state index contributed by atoms with van der Waals surface area (Å²) in [6.45, 7) is 4.63. The standard InChI is InChI=1S/C12H13Cl2N3/c1-7-12(8(2)17-16-7)15-6-9-3-4-10(13)11(14)5-9/h3-5,15H,6H2,1-2H3,(H,16,17). The van der Waals surface area contributed by atoms with Crippen molar-refractivity contribution in [3.63, 3.8) is 0 Å². The molecule has 2 aromatic rings. The van der Waals surface area contributed by atoms with Crippen molar-refractivity contribution in [3.05, 3.63) is 45.2 Å². The number of halogens is 2. The van der Waals surface area contributed by atoms with Gasteiger partial charge in [-0.15, -0.1) is 0 Å². The molecular weight excluding hydrogens is 257 g/mol.